The molecule has 0 atom stereocenters. The molecular formula is C22H29N3O2. The lowest BCUT2D eigenvalue weighted by Gasteiger charge is -2.29. The summed E-state index contributed by atoms with van der Waals surface area (Å²) in [7, 11) is 0. The van der Waals surface area contributed by atoms with E-state index in [2.05, 4.69) is 38.0 Å². The molecule has 2 rings (SSSR count). The van der Waals surface area contributed by atoms with E-state index in [1.54, 1.807) is 17.3 Å². The van der Waals surface area contributed by atoms with Crippen LogP contribution in [0.1, 0.15) is 63.1 Å². The number of amides is 2. The Balaban J connectivity index is 2.27. The lowest BCUT2D eigenvalue weighted by atomic mass is 9.91. The number of hydrogen-bond acceptors (Lipinski definition) is 3. The van der Waals surface area contributed by atoms with Crippen molar-refractivity contribution in [2.75, 3.05) is 11.4 Å². The fourth-order valence-corrected chi connectivity index (χ4v) is 3.07. The third-order valence-electron chi connectivity index (χ3n) is 4.51. The number of benzene rings is 1. The molecular weight excluding hydrogens is 338 g/mol. The average Bonchev–Trinajstić information content (AvgIpc) is 2.64. The topological polar surface area (TPSA) is 62.3 Å². The maximum atomic E-state index is 12.5. The Kier molecular flexibility index (Phi) is 7.11. The van der Waals surface area contributed by atoms with Crippen LogP contribution >= 0.6 is 0 Å². The number of hydrogen-bond donors (Lipinski definition) is 1. The van der Waals surface area contributed by atoms with Gasteiger partial charge in [0, 0.05) is 25.9 Å². The normalized spacial score (nSPS) is 10.9. The second-order valence-electron chi connectivity index (χ2n) is 7.34. The second-order valence-corrected chi connectivity index (χ2v) is 7.34. The van der Waals surface area contributed by atoms with E-state index >= 15 is 0 Å². The highest BCUT2D eigenvalue weighted by atomic mass is 16.2. The molecule has 0 saturated heterocycles. The van der Waals surface area contributed by atoms with Crippen molar-refractivity contribution in [2.24, 2.45) is 0 Å². The minimum absolute atomic E-state index is 0.000944. The SMILES string of the molecule is CC(=O)N(CC(=O)NCc1cccnc1)c1c(C(C)C)cccc1C(C)C. The summed E-state index contributed by atoms with van der Waals surface area (Å²) in [5, 5.41) is 2.88. The Labute approximate surface area is 161 Å². The van der Waals surface area contributed by atoms with E-state index in [0.717, 1.165) is 22.4 Å². The fraction of sp³-hybridized carbons (Fsp3) is 0.409. The Bertz CT molecular complexity index is 759. The van der Waals surface area contributed by atoms with Gasteiger partial charge in [0.25, 0.3) is 0 Å². The molecule has 2 amide bonds. The molecule has 1 N–H and O–H groups in total. The second kappa shape index (κ2) is 9.31. The number of carbonyl (C=O) groups excluding carboxylic acids is 2. The van der Waals surface area contributed by atoms with E-state index in [4.69, 9.17) is 0 Å². The largest absolute Gasteiger partial charge is 0.350 e. The van der Waals surface area contributed by atoms with Crippen LogP contribution in [0.5, 0.6) is 0 Å². The highest BCUT2D eigenvalue weighted by molar-refractivity contribution is 5.99. The molecule has 5 nitrogen and oxygen atoms in total. The van der Waals surface area contributed by atoms with Gasteiger partial charge in [-0.3, -0.25) is 14.6 Å². The third kappa shape index (κ3) is 5.39. The zero-order valence-electron chi connectivity index (χ0n) is 16.8. The molecule has 0 radical (unpaired) electrons. The number of aromatic nitrogens is 1. The van der Waals surface area contributed by atoms with Crippen LogP contribution in [0.15, 0.2) is 42.7 Å². The maximum Gasteiger partial charge on any atom is 0.240 e. The Morgan fingerprint density at radius 3 is 2.15 bits per heavy atom. The summed E-state index contributed by atoms with van der Waals surface area (Å²) in [6, 6.07) is 9.83. The van der Waals surface area contributed by atoms with E-state index in [-0.39, 0.29) is 30.2 Å². The van der Waals surface area contributed by atoms with Gasteiger partial charge in [0.15, 0.2) is 0 Å². The lowest BCUT2D eigenvalue weighted by molar-refractivity contribution is -0.123. The zero-order valence-corrected chi connectivity index (χ0v) is 16.8. The highest BCUT2D eigenvalue weighted by Gasteiger charge is 2.24. The first-order valence-electron chi connectivity index (χ1n) is 9.37. The smallest absolute Gasteiger partial charge is 0.240 e. The molecule has 0 aliphatic carbocycles. The first-order chi connectivity index (χ1) is 12.8. The number of para-hydroxylation sites is 1. The van der Waals surface area contributed by atoms with Gasteiger partial charge in [0.2, 0.25) is 11.8 Å². The molecule has 0 spiro atoms. The monoisotopic (exact) mass is 367 g/mol. The number of nitrogens with one attached hydrogen (secondary N) is 1. The van der Waals surface area contributed by atoms with Crippen molar-refractivity contribution in [3.05, 3.63) is 59.4 Å². The third-order valence-corrected chi connectivity index (χ3v) is 4.51. The Morgan fingerprint density at radius 2 is 1.67 bits per heavy atom. The van der Waals surface area contributed by atoms with Crippen LogP contribution in [0.3, 0.4) is 0 Å². The number of anilines is 1. The van der Waals surface area contributed by atoms with Gasteiger partial charge in [-0.25, -0.2) is 0 Å². The molecule has 0 aliphatic heterocycles. The van der Waals surface area contributed by atoms with Gasteiger partial charge in [0.05, 0.1) is 5.69 Å². The molecule has 1 aromatic heterocycles. The van der Waals surface area contributed by atoms with E-state index in [0.29, 0.717) is 6.54 Å². The van der Waals surface area contributed by atoms with Crippen LogP contribution in [-0.2, 0) is 16.1 Å². The number of rotatable bonds is 7. The van der Waals surface area contributed by atoms with Gasteiger partial charge >= 0.3 is 0 Å². The summed E-state index contributed by atoms with van der Waals surface area (Å²) in [6.07, 6.45) is 3.41. The summed E-state index contributed by atoms with van der Waals surface area (Å²) in [6.45, 7) is 10.3. The maximum absolute atomic E-state index is 12.5. The summed E-state index contributed by atoms with van der Waals surface area (Å²) < 4.78 is 0. The van der Waals surface area contributed by atoms with Crippen LogP contribution < -0.4 is 10.2 Å². The first kappa shape index (κ1) is 20.6. The molecule has 5 heteroatoms. The van der Waals surface area contributed by atoms with Crippen molar-refractivity contribution < 1.29 is 9.59 Å². The van der Waals surface area contributed by atoms with Gasteiger partial charge in [-0.15, -0.1) is 0 Å². The average molecular weight is 367 g/mol. The first-order valence-corrected chi connectivity index (χ1v) is 9.37. The minimum Gasteiger partial charge on any atom is -0.350 e. The van der Waals surface area contributed by atoms with Crippen LogP contribution in [0.4, 0.5) is 5.69 Å². The Hall–Kier alpha value is -2.69. The van der Waals surface area contributed by atoms with Crippen LogP contribution in [0, 0.1) is 0 Å². The van der Waals surface area contributed by atoms with Gasteiger partial charge in [-0.2, -0.15) is 0 Å². The predicted octanol–water partition coefficient (Wildman–Crippen LogP) is 4.00. The van der Waals surface area contributed by atoms with Gasteiger partial charge in [-0.05, 0) is 34.6 Å². The van der Waals surface area contributed by atoms with Crippen LogP contribution in [0.2, 0.25) is 0 Å². The molecule has 27 heavy (non-hydrogen) atoms. The van der Waals surface area contributed by atoms with Crippen LogP contribution in [-0.4, -0.2) is 23.3 Å². The molecule has 0 unspecified atom stereocenters. The molecule has 1 heterocycles. The van der Waals surface area contributed by atoms with Gasteiger partial charge < -0.3 is 10.2 Å². The molecule has 2 aromatic rings. The summed E-state index contributed by atoms with van der Waals surface area (Å²) >= 11 is 0. The van der Waals surface area contributed by atoms with Crippen LogP contribution in [0.25, 0.3) is 0 Å². The molecule has 0 saturated carbocycles. The Morgan fingerprint density at radius 1 is 1.04 bits per heavy atom. The molecule has 0 aliphatic rings. The fourth-order valence-electron chi connectivity index (χ4n) is 3.07. The molecule has 0 bridgehead atoms. The van der Waals surface area contributed by atoms with E-state index in [1.165, 1.54) is 6.92 Å². The van der Waals surface area contributed by atoms with E-state index < -0.39 is 0 Å². The number of pyridine rings is 1. The summed E-state index contributed by atoms with van der Waals surface area (Å²) in [5.74, 6) is 0.168. The van der Waals surface area contributed by atoms with Crippen molar-refractivity contribution in [1.82, 2.24) is 10.3 Å². The predicted molar refractivity (Wildman–Crippen MR) is 109 cm³/mol. The van der Waals surface area contributed by atoms with Crippen molar-refractivity contribution in [3.63, 3.8) is 0 Å². The lowest BCUT2D eigenvalue weighted by Crippen LogP contribution is -2.40. The highest BCUT2D eigenvalue weighted by Crippen LogP contribution is 2.35. The van der Waals surface area contributed by atoms with Crippen molar-refractivity contribution in [1.29, 1.82) is 0 Å². The minimum atomic E-state index is -0.192. The molecule has 1 aromatic carbocycles. The number of carbonyl (C=O) groups is 2. The number of nitrogens with zero attached hydrogens (tertiary/aromatic N) is 2. The van der Waals surface area contributed by atoms with E-state index in [1.807, 2.05) is 30.3 Å². The van der Waals surface area contributed by atoms with E-state index in [9.17, 15) is 9.59 Å². The standard InChI is InChI=1S/C22H29N3O2/c1-15(2)19-9-6-10-20(16(3)4)22(19)25(17(5)26)14-21(27)24-13-18-8-7-11-23-12-18/h6-12,15-16H,13-14H2,1-5H3,(H,24,27). The van der Waals surface area contributed by atoms with Crippen molar-refractivity contribution in [2.45, 2.75) is 53.0 Å². The van der Waals surface area contributed by atoms with Crippen molar-refractivity contribution >= 4 is 17.5 Å². The quantitative estimate of drug-likeness (QED) is 0.805. The van der Waals surface area contributed by atoms with Crippen molar-refractivity contribution in [3.8, 4) is 0 Å². The zero-order chi connectivity index (χ0) is 20.0. The van der Waals surface area contributed by atoms with Gasteiger partial charge in [0.1, 0.15) is 6.54 Å². The molecule has 144 valence electrons. The molecule has 0 fully saturated rings. The summed E-state index contributed by atoms with van der Waals surface area (Å²) in [4.78, 5) is 30.6. The van der Waals surface area contributed by atoms with Gasteiger partial charge in [-0.1, -0.05) is 52.0 Å². The summed E-state index contributed by atoms with van der Waals surface area (Å²) in [5.41, 5.74) is 3.95.